The van der Waals surface area contributed by atoms with Crippen LogP contribution in [0.4, 0.5) is 5.69 Å². The van der Waals surface area contributed by atoms with E-state index in [0.717, 1.165) is 21.1 Å². The molecule has 0 saturated heterocycles. The molecule has 2 aromatic carbocycles. The largest absolute Gasteiger partial charge is 0.338 e. The molecule has 0 atom stereocenters. The molecule has 0 radical (unpaired) electrons. The van der Waals surface area contributed by atoms with E-state index in [1.807, 2.05) is 59.3 Å². The minimum atomic E-state index is -0.0743. The molecule has 0 spiro atoms. The highest BCUT2D eigenvalue weighted by atomic mass is 79.9. The molecular formula is C16H12BrClN2O. The molecule has 1 aromatic heterocycles. The van der Waals surface area contributed by atoms with Crippen LogP contribution in [0, 0.1) is 0 Å². The Bertz CT molecular complexity index is 796. The molecule has 0 aliphatic heterocycles. The van der Waals surface area contributed by atoms with E-state index < -0.39 is 0 Å². The number of aromatic nitrogens is 1. The van der Waals surface area contributed by atoms with Crippen LogP contribution in [0.1, 0.15) is 0 Å². The summed E-state index contributed by atoms with van der Waals surface area (Å²) in [6.07, 6.45) is 1.87. The van der Waals surface area contributed by atoms with E-state index in [-0.39, 0.29) is 12.5 Å². The molecule has 0 bridgehead atoms. The van der Waals surface area contributed by atoms with Crippen molar-refractivity contribution >= 4 is 50.0 Å². The molecule has 0 aliphatic carbocycles. The predicted octanol–water partition coefficient (Wildman–Crippen LogP) is 4.70. The first-order chi connectivity index (χ1) is 10.1. The standard InChI is InChI=1S/C16H12BrClN2O/c17-11-4-6-12(7-5-11)19-16(21)10-20-9-8-13-14(18)2-1-3-15(13)20/h1-9H,10H2,(H,19,21). The molecule has 106 valence electrons. The lowest BCUT2D eigenvalue weighted by Crippen LogP contribution is -2.18. The van der Waals surface area contributed by atoms with Crippen LogP contribution < -0.4 is 5.32 Å². The summed E-state index contributed by atoms with van der Waals surface area (Å²) in [5.74, 6) is -0.0743. The number of rotatable bonds is 3. The Kier molecular flexibility index (Phi) is 3.99. The number of nitrogens with one attached hydrogen (secondary N) is 1. The van der Waals surface area contributed by atoms with Crippen molar-refractivity contribution in [1.82, 2.24) is 4.57 Å². The van der Waals surface area contributed by atoms with Crippen LogP contribution in [0.15, 0.2) is 59.2 Å². The fourth-order valence-corrected chi connectivity index (χ4v) is 2.71. The van der Waals surface area contributed by atoms with Crippen molar-refractivity contribution in [3.05, 3.63) is 64.2 Å². The second-order valence-electron chi connectivity index (χ2n) is 4.67. The van der Waals surface area contributed by atoms with E-state index >= 15 is 0 Å². The van der Waals surface area contributed by atoms with Crippen LogP contribution in [-0.4, -0.2) is 10.5 Å². The number of hydrogen-bond acceptors (Lipinski definition) is 1. The molecule has 3 rings (SSSR count). The van der Waals surface area contributed by atoms with E-state index in [0.29, 0.717) is 5.02 Å². The molecule has 1 heterocycles. The molecule has 3 aromatic rings. The molecule has 5 heteroatoms. The molecule has 0 fully saturated rings. The monoisotopic (exact) mass is 362 g/mol. The summed E-state index contributed by atoms with van der Waals surface area (Å²) in [6.45, 7) is 0.250. The van der Waals surface area contributed by atoms with Gasteiger partial charge in [-0.25, -0.2) is 0 Å². The number of carbonyl (C=O) groups excluding carboxylic acids is 1. The van der Waals surface area contributed by atoms with Crippen LogP contribution in [0.2, 0.25) is 5.02 Å². The molecular weight excluding hydrogens is 352 g/mol. The topological polar surface area (TPSA) is 34.0 Å². The van der Waals surface area contributed by atoms with Crippen molar-refractivity contribution in [2.24, 2.45) is 0 Å². The number of halogens is 2. The SMILES string of the molecule is O=C(Cn1ccc2c(Cl)cccc21)Nc1ccc(Br)cc1. The summed E-state index contributed by atoms with van der Waals surface area (Å²) >= 11 is 9.50. The number of hydrogen-bond donors (Lipinski definition) is 1. The Labute approximate surface area is 135 Å². The van der Waals surface area contributed by atoms with Crippen LogP contribution >= 0.6 is 27.5 Å². The third kappa shape index (κ3) is 3.12. The molecule has 0 unspecified atom stereocenters. The van der Waals surface area contributed by atoms with Crippen molar-refractivity contribution in [2.45, 2.75) is 6.54 Å². The maximum Gasteiger partial charge on any atom is 0.244 e. The Morgan fingerprint density at radius 1 is 1.14 bits per heavy atom. The fraction of sp³-hybridized carbons (Fsp3) is 0.0625. The minimum Gasteiger partial charge on any atom is -0.338 e. The zero-order valence-corrected chi connectivity index (χ0v) is 13.4. The van der Waals surface area contributed by atoms with Crippen LogP contribution in [0.5, 0.6) is 0 Å². The van der Waals surface area contributed by atoms with Crippen molar-refractivity contribution in [2.75, 3.05) is 5.32 Å². The highest BCUT2D eigenvalue weighted by molar-refractivity contribution is 9.10. The highest BCUT2D eigenvalue weighted by Gasteiger charge is 2.08. The molecule has 3 nitrogen and oxygen atoms in total. The lowest BCUT2D eigenvalue weighted by molar-refractivity contribution is -0.116. The van der Waals surface area contributed by atoms with E-state index in [4.69, 9.17) is 11.6 Å². The van der Waals surface area contributed by atoms with Gasteiger partial charge in [0.2, 0.25) is 5.91 Å². The van der Waals surface area contributed by atoms with Crippen molar-refractivity contribution in [3.8, 4) is 0 Å². The van der Waals surface area contributed by atoms with Gasteiger partial charge in [0.05, 0.1) is 0 Å². The maximum absolute atomic E-state index is 12.1. The summed E-state index contributed by atoms with van der Waals surface area (Å²) in [7, 11) is 0. The number of benzene rings is 2. The van der Waals surface area contributed by atoms with Gasteiger partial charge in [-0.05, 0) is 42.5 Å². The van der Waals surface area contributed by atoms with Gasteiger partial charge in [-0.1, -0.05) is 33.6 Å². The van der Waals surface area contributed by atoms with Gasteiger partial charge < -0.3 is 9.88 Å². The number of amides is 1. The van der Waals surface area contributed by atoms with E-state index in [9.17, 15) is 4.79 Å². The second kappa shape index (κ2) is 5.92. The van der Waals surface area contributed by atoms with E-state index in [2.05, 4.69) is 21.2 Å². The normalized spacial score (nSPS) is 10.8. The summed E-state index contributed by atoms with van der Waals surface area (Å²) in [5.41, 5.74) is 1.73. The number of fused-ring (bicyclic) bond motifs is 1. The van der Waals surface area contributed by atoms with E-state index in [1.165, 1.54) is 0 Å². The maximum atomic E-state index is 12.1. The Morgan fingerprint density at radius 3 is 2.67 bits per heavy atom. The van der Waals surface area contributed by atoms with Gasteiger partial charge in [0, 0.05) is 32.3 Å². The van der Waals surface area contributed by atoms with Crippen LogP contribution in [-0.2, 0) is 11.3 Å². The molecule has 1 amide bonds. The lowest BCUT2D eigenvalue weighted by atomic mass is 10.2. The molecule has 1 N–H and O–H groups in total. The summed E-state index contributed by atoms with van der Waals surface area (Å²) < 4.78 is 2.86. The second-order valence-corrected chi connectivity index (χ2v) is 5.99. The van der Waals surface area contributed by atoms with Crippen molar-refractivity contribution < 1.29 is 4.79 Å². The van der Waals surface area contributed by atoms with Gasteiger partial charge in [-0.15, -0.1) is 0 Å². The third-order valence-corrected chi connectivity index (χ3v) is 4.06. The van der Waals surface area contributed by atoms with Gasteiger partial charge in [0.1, 0.15) is 6.54 Å². The zero-order valence-electron chi connectivity index (χ0n) is 11.0. The van der Waals surface area contributed by atoms with Crippen LogP contribution in [0.25, 0.3) is 10.9 Å². The molecule has 21 heavy (non-hydrogen) atoms. The highest BCUT2D eigenvalue weighted by Crippen LogP contribution is 2.24. The Balaban J connectivity index is 1.77. The average Bonchev–Trinajstić information content (AvgIpc) is 2.86. The first-order valence-electron chi connectivity index (χ1n) is 6.42. The molecule has 0 saturated carbocycles. The van der Waals surface area contributed by atoms with Gasteiger partial charge in [0.25, 0.3) is 0 Å². The first kappa shape index (κ1) is 14.2. The smallest absolute Gasteiger partial charge is 0.244 e. The van der Waals surface area contributed by atoms with Crippen molar-refractivity contribution in [1.29, 1.82) is 0 Å². The van der Waals surface area contributed by atoms with Crippen molar-refractivity contribution in [3.63, 3.8) is 0 Å². The van der Waals surface area contributed by atoms with Gasteiger partial charge in [0.15, 0.2) is 0 Å². The van der Waals surface area contributed by atoms with Gasteiger partial charge in [-0.2, -0.15) is 0 Å². The minimum absolute atomic E-state index is 0.0743. The quantitative estimate of drug-likeness (QED) is 0.719. The molecule has 0 aliphatic rings. The first-order valence-corrected chi connectivity index (χ1v) is 7.59. The van der Waals surface area contributed by atoms with Gasteiger partial charge in [-0.3, -0.25) is 4.79 Å². The lowest BCUT2D eigenvalue weighted by Gasteiger charge is -2.07. The van der Waals surface area contributed by atoms with E-state index in [1.54, 1.807) is 0 Å². The number of carbonyl (C=O) groups is 1. The zero-order chi connectivity index (χ0) is 14.8. The number of nitrogens with zero attached hydrogens (tertiary/aromatic N) is 1. The third-order valence-electron chi connectivity index (χ3n) is 3.20. The van der Waals surface area contributed by atoms with Gasteiger partial charge >= 0.3 is 0 Å². The number of anilines is 1. The Hall–Kier alpha value is -1.78. The summed E-state index contributed by atoms with van der Waals surface area (Å²) in [5, 5.41) is 4.52. The Morgan fingerprint density at radius 2 is 1.90 bits per heavy atom. The fourth-order valence-electron chi connectivity index (χ4n) is 2.21. The summed E-state index contributed by atoms with van der Waals surface area (Å²) in [4.78, 5) is 12.1. The predicted molar refractivity (Wildman–Crippen MR) is 89.7 cm³/mol. The average molecular weight is 364 g/mol. The summed E-state index contributed by atoms with van der Waals surface area (Å²) in [6, 6.07) is 15.1. The van der Waals surface area contributed by atoms with Crippen LogP contribution in [0.3, 0.4) is 0 Å².